The average molecular weight is 597 g/mol. The van der Waals surface area contributed by atoms with Crippen LogP contribution in [-0.2, 0) is 32.6 Å². The molecule has 2 fully saturated rings. The Labute approximate surface area is 221 Å². The number of carbonyl (C=O) groups is 1. The van der Waals surface area contributed by atoms with Gasteiger partial charge in [0.05, 0.1) is 26.4 Å². The molecule has 2 aliphatic rings. The average Bonchev–Trinajstić information content (AvgIpc) is 2.88. The Morgan fingerprint density at radius 2 is 1.46 bits per heavy atom. The van der Waals surface area contributed by atoms with Gasteiger partial charge in [0.15, 0.2) is 12.6 Å². The summed E-state index contributed by atoms with van der Waals surface area (Å²) >= 11 is 0. The van der Waals surface area contributed by atoms with Crippen LogP contribution in [0.1, 0.15) is 6.92 Å². The molecule has 2 aliphatic heterocycles. The fourth-order valence-corrected chi connectivity index (χ4v) is 4.45. The van der Waals surface area contributed by atoms with Crippen molar-refractivity contribution in [2.24, 2.45) is 0 Å². The van der Waals surface area contributed by atoms with Crippen molar-refractivity contribution in [3.63, 3.8) is 0 Å². The molecule has 3 unspecified atom stereocenters. The summed E-state index contributed by atoms with van der Waals surface area (Å²) < 4.78 is 36.5. The second-order valence-electron chi connectivity index (χ2n) is 8.99. The van der Waals surface area contributed by atoms with Crippen LogP contribution < -0.4 is 5.32 Å². The van der Waals surface area contributed by atoms with Crippen molar-refractivity contribution < 1.29 is 88.6 Å². The van der Waals surface area contributed by atoms with Crippen molar-refractivity contribution in [2.45, 2.75) is 86.6 Å². The molecule has 12 N–H and O–H groups in total. The lowest BCUT2D eigenvalue weighted by atomic mass is 9.97. The molecular weight excluding hydrogens is 561 g/mol. The summed E-state index contributed by atoms with van der Waals surface area (Å²) in [5.41, 5.74) is 0. The van der Waals surface area contributed by atoms with Gasteiger partial charge in [0.25, 0.3) is 0 Å². The molecule has 14 atom stereocenters. The summed E-state index contributed by atoms with van der Waals surface area (Å²) in [6.07, 6.45) is -21.0. The largest absolute Gasteiger partial charge is 0.472 e. The summed E-state index contributed by atoms with van der Waals surface area (Å²) in [4.78, 5) is 21.2. The van der Waals surface area contributed by atoms with Crippen molar-refractivity contribution >= 4 is 13.7 Å². The molecule has 230 valence electrons. The van der Waals surface area contributed by atoms with E-state index in [1.165, 1.54) is 0 Å². The van der Waals surface area contributed by atoms with Gasteiger partial charge in [-0.15, -0.1) is 0 Å². The Hall–Kier alpha value is -0.940. The number of phosphoric ester groups is 1. The van der Waals surface area contributed by atoms with E-state index in [0.717, 1.165) is 6.92 Å². The quantitative estimate of drug-likeness (QED) is 0.0877. The van der Waals surface area contributed by atoms with E-state index in [2.05, 4.69) is 14.4 Å². The molecular formula is C19H36NO18P. The van der Waals surface area contributed by atoms with Gasteiger partial charge >= 0.3 is 7.82 Å². The van der Waals surface area contributed by atoms with Crippen LogP contribution in [-0.4, -0.2) is 168 Å². The molecule has 1 amide bonds. The molecule has 0 aromatic heterocycles. The fraction of sp³-hybridized carbons (Fsp3) is 0.947. The normalized spacial score (nSPS) is 39.4. The van der Waals surface area contributed by atoms with Crippen LogP contribution in [0.5, 0.6) is 0 Å². The second-order valence-corrected chi connectivity index (χ2v) is 10.4. The summed E-state index contributed by atoms with van der Waals surface area (Å²) in [5.74, 6) is -0.635. The molecule has 0 aliphatic carbocycles. The van der Waals surface area contributed by atoms with Crippen molar-refractivity contribution in [3.05, 3.63) is 0 Å². The number of rotatable bonds is 13. The molecule has 2 heterocycles. The molecule has 20 heteroatoms. The van der Waals surface area contributed by atoms with Gasteiger partial charge in [-0.2, -0.15) is 0 Å². The molecule has 39 heavy (non-hydrogen) atoms. The van der Waals surface area contributed by atoms with E-state index < -0.39 is 120 Å². The highest BCUT2D eigenvalue weighted by atomic mass is 31.2. The van der Waals surface area contributed by atoms with Crippen LogP contribution in [0.3, 0.4) is 0 Å². The molecule has 0 saturated carbocycles. The SMILES string of the molecule is CC(=O)N[C@H]1C(OC[C@H](O)[C@H](O)[C@H](O)COP(=O)(O)OC[C@H]2OC(O)[C@H](O)[C@@H](O)[C@@H]2O)O[C@H](CO)[C@H](O)[C@@H]1O. The minimum absolute atomic E-state index is 0.635. The van der Waals surface area contributed by atoms with Crippen molar-refractivity contribution in [1.29, 1.82) is 0 Å². The van der Waals surface area contributed by atoms with Crippen LogP contribution in [0, 0.1) is 0 Å². The third kappa shape index (κ3) is 9.28. The zero-order valence-corrected chi connectivity index (χ0v) is 21.5. The number of aliphatic hydroxyl groups excluding tert-OH is 10. The van der Waals surface area contributed by atoms with Gasteiger partial charge in [0.2, 0.25) is 5.91 Å². The number of aliphatic hydroxyl groups is 10. The summed E-state index contributed by atoms with van der Waals surface area (Å²) in [7, 11) is -4.98. The third-order valence-corrected chi connectivity index (χ3v) is 6.92. The van der Waals surface area contributed by atoms with E-state index in [1.54, 1.807) is 0 Å². The van der Waals surface area contributed by atoms with Crippen molar-refractivity contribution in [2.75, 3.05) is 26.4 Å². The molecule has 19 nitrogen and oxygen atoms in total. The summed E-state index contributed by atoms with van der Waals surface area (Å²) in [6, 6.07) is -1.34. The minimum atomic E-state index is -4.98. The summed E-state index contributed by atoms with van der Waals surface area (Å²) in [6.45, 7) is -2.40. The fourth-order valence-electron chi connectivity index (χ4n) is 3.70. The second kappa shape index (κ2) is 14.8. The molecule has 0 bridgehead atoms. The topological polar surface area (TPSA) is 315 Å². The molecule has 0 aromatic rings. The number of carbonyl (C=O) groups excluding carboxylic acids is 1. The number of hydrogen-bond donors (Lipinski definition) is 12. The van der Waals surface area contributed by atoms with Gasteiger partial charge < -0.3 is 75.5 Å². The first kappa shape index (κ1) is 34.3. The van der Waals surface area contributed by atoms with E-state index in [9.17, 15) is 65.3 Å². The first-order chi connectivity index (χ1) is 18.1. The van der Waals surface area contributed by atoms with Gasteiger partial charge in [-0.05, 0) is 0 Å². The van der Waals surface area contributed by atoms with Gasteiger partial charge in [-0.25, -0.2) is 4.57 Å². The molecule has 2 rings (SSSR count). The molecule has 0 spiro atoms. The number of nitrogens with one attached hydrogen (secondary N) is 1. The van der Waals surface area contributed by atoms with Gasteiger partial charge in [-0.3, -0.25) is 13.8 Å². The monoisotopic (exact) mass is 597 g/mol. The van der Waals surface area contributed by atoms with E-state index >= 15 is 0 Å². The highest BCUT2D eigenvalue weighted by Gasteiger charge is 2.46. The first-order valence-electron chi connectivity index (χ1n) is 11.6. The predicted molar refractivity (Wildman–Crippen MR) is 120 cm³/mol. The van der Waals surface area contributed by atoms with E-state index in [1.807, 2.05) is 0 Å². The van der Waals surface area contributed by atoms with E-state index in [0.29, 0.717) is 0 Å². The predicted octanol–water partition coefficient (Wildman–Crippen LogP) is -7.04. The highest BCUT2D eigenvalue weighted by Crippen LogP contribution is 2.44. The van der Waals surface area contributed by atoms with Crippen LogP contribution in [0.15, 0.2) is 0 Å². The minimum Gasteiger partial charge on any atom is -0.394 e. The lowest BCUT2D eigenvalue weighted by molar-refractivity contribution is -0.285. The molecule has 2 saturated heterocycles. The van der Waals surface area contributed by atoms with Gasteiger partial charge in [0, 0.05) is 6.92 Å². The smallest absolute Gasteiger partial charge is 0.394 e. The van der Waals surface area contributed by atoms with Crippen LogP contribution >= 0.6 is 7.82 Å². The Morgan fingerprint density at radius 1 is 0.872 bits per heavy atom. The summed E-state index contributed by atoms with van der Waals surface area (Å²) in [5, 5.41) is 100. The maximum atomic E-state index is 12.1. The van der Waals surface area contributed by atoms with Crippen LogP contribution in [0.25, 0.3) is 0 Å². The first-order valence-corrected chi connectivity index (χ1v) is 13.1. The van der Waals surface area contributed by atoms with Crippen LogP contribution in [0.2, 0.25) is 0 Å². The highest BCUT2D eigenvalue weighted by molar-refractivity contribution is 7.47. The van der Waals surface area contributed by atoms with Gasteiger partial charge in [-0.1, -0.05) is 0 Å². The van der Waals surface area contributed by atoms with Crippen LogP contribution in [0.4, 0.5) is 0 Å². The number of hydrogen-bond acceptors (Lipinski definition) is 17. The van der Waals surface area contributed by atoms with Crippen molar-refractivity contribution in [3.8, 4) is 0 Å². The Balaban J connectivity index is 1.85. The number of phosphoric acid groups is 1. The number of amides is 1. The molecule has 0 aromatic carbocycles. The maximum absolute atomic E-state index is 12.1. The Morgan fingerprint density at radius 3 is 2.05 bits per heavy atom. The zero-order chi connectivity index (χ0) is 29.7. The molecule has 0 radical (unpaired) electrons. The van der Waals surface area contributed by atoms with E-state index in [-0.39, 0.29) is 0 Å². The Bertz CT molecular complexity index is 823. The van der Waals surface area contributed by atoms with E-state index in [4.69, 9.17) is 14.2 Å². The standard InChI is InChI=1S/C19H36NO18P/c1-6(22)20-11-15(28)13(26)9(2-21)38-19(11)34-3-7(23)12(25)8(24)4-35-39(32,33)36-5-10-14(27)16(29)17(30)18(31)37-10/h7-19,21,23-31H,2-5H2,1H3,(H,20,22)(H,32,33)/t7-,8+,9+,10+,11+,12-,13-,14+,15+,16-,17+,18?,19?/m0/s1. The third-order valence-electron chi connectivity index (χ3n) is 5.97. The van der Waals surface area contributed by atoms with Crippen molar-refractivity contribution in [1.82, 2.24) is 5.32 Å². The van der Waals surface area contributed by atoms with Gasteiger partial charge in [0.1, 0.15) is 67.1 Å². The Kier molecular flexibility index (Phi) is 13.0. The zero-order valence-electron chi connectivity index (χ0n) is 20.6. The lowest BCUT2D eigenvalue weighted by Crippen LogP contribution is -2.64. The number of ether oxygens (including phenoxy) is 3. The lowest BCUT2D eigenvalue weighted by Gasteiger charge is -2.42. The maximum Gasteiger partial charge on any atom is 0.472 e.